The second-order valence-electron chi connectivity index (χ2n) is 19.1. The van der Waals surface area contributed by atoms with Crippen molar-refractivity contribution in [1.82, 2.24) is 0 Å². The largest absolute Gasteiger partial charge is 0.632 e. The second-order valence-corrected chi connectivity index (χ2v) is 19.1. The molecule has 0 N–H and O–H groups in total. The van der Waals surface area contributed by atoms with Crippen molar-refractivity contribution in [3.63, 3.8) is 0 Å². The number of hydrogen-bond acceptors (Lipinski definition) is 8. The highest BCUT2D eigenvalue weighted by Gasteiger charge is 2.52. The maximum absolute atomic E-state index is 12.8. The van der Waals surface area contributed by atoms with E-state index in [1.54, 1.807) is 50.2 Å². The molecule has 4 heterocycles. The Morgan fingerprint density at radius 1 is 0.471 bits per heavy atom. The number of aryl methyl sites for hydroxylation is 2. The zero-order valence-corrected chi connectivity index (χ0v) is 40.4. The first-order chi connectivity index (χ1) is 31.7. The van der Waals surface area contributed by atoms with E-state index in [-0.39, 0.29) is 42.7 Å². The van der Waals surface area contributed by atoms with E-state index in [1.165, 1.54) is 0 Å². The maximum atomic E-state index is 12.8. The Kier molecular flexibility index (Phi) is 16.0. The lowest BCUT2D eigenvalue weighted by Gasteiger charge is -2.32. The van der Waals surface area contributed by atoms with Gasteiger partial charge >= 0.3 is 40.8 Å². The first-order valence-electron chi connectivity index (χ1n) is 22.6. The molecule has 4 aliphatic heterocycles. The number of alkyl halides is 6. The van der Waals surface area contributed by atoms with E-state index in [1.807, 2.05) is 67.6 Å². The summed E-state index contributed by atoms with van der Waals surface area (Å²) in [7, 11) is -2.00. The number of fused-ring (bicyclic) bond motifs is 1. The summed E-state index contributed by atoms with van der Waals surface area (Å²) in [6.45, 7) is 22.1. The van der Waals surface area contributed by atoms with Gasteiger partial charge in [0.25, 0.3) is 0 Å². The van der Waals surface area contributed by atoms with Gasteiger partial charge in [-0.05, 0) is 122 Å². The van der Waals surface area contributed by atoms with Crippen molar-refractivity contribution in [1.29, 1.82) is 0 Å². The van der Waals surface area contributed by atoms with Gasteiger partial charge in [-0.3, -0.25) is 0 Å². The molecule has 8 nitrogen and oxygen atoms in total. The van der Waals surface area contributed by atoms with Gasteiger partial charge < -0.3 is 37.2 Å². The molecule has 3 fully saturated rings. The Bertz CT molecular complexity index is 2330. The second kappa shape index (κ2) is 20.7. The van der Waals surface area contributed by atoms with Crippen LogP contribution in [0.3, 0.4) is 0 Å². The van der Waals surface area contributed by atoms with Crippen molar-refractivity contribution < 1.29 is 63.6 Å². The Balaban J connectivity index is 0.000000150. The quantitative estimate of drug-likeness (QED) is 0.128. The summed E-state index contributed by atoms with van der Waals surface area (Å²) in [4.78, 5) is 0. The molecule has 0 saturated carbocycles. The van der Waals surface area contributed by atoms with Gasteiger partial charge in [-0.15, -0.1) is 0 Å². The summed E-state index contributed by atoms with van der Waals surface area (Å²) in [5.74, 6) is 1.07. The molecule has 0 amide bonds. The number of para-hydroxylation sites is 2. The molecule has 0 spiro atoms. The van der Waals surface area contributed by atoms with E-state index in [0.717, 1.165) is 41.6 Å². The molecule has 1 unspecified atom stereocenters. The van der Waals surface area contributed by atoms with E-state index in [4.69, 9.17) is 37.2 Å². The van der Waals surface area contributed by atoms with Crippen molar-refractivity contribution in [3.05, 3.63) is 144 Å². The normalized spacial score (nSPS) is 19.6. The molecule has 5 aromatic carbocycles. The predicted octanol–water partition coefficient (Wildman–Crippen LogP) is 9.69. The topological polar surface area (TPSA) is 73.8 Å². The molecule has 3 saturated heterocycles. The molecule has 18 heteroatoms. The number of benzene rings is 5. The molecule has 0 radical (unpaired) electrons. The lowest BCUT2D eigenvalue weighted by molar-refractivity contribution is -0.138. The molecule has 68 heavy (non-hydrogen) atoms. The van der Waals surface area contributed by atoms with Crippen molar-refractivity contribution in [3.8, 4) is 11.5 Å². The monoisotopic (exact) mass is 944 g/mol. The van der Waals surface area contributed by atoms with E-state index in [2.05, 4.69) is 55.4 Å². The summed E-state index contributed by atoms with van der Waals surface area (Å²) in [5.41, 5.74) is 1.62. The van der Waals surface area contributed by atoms with Gasteiger partial charge in [0, 0.05) is 5.46 Å². The van der Waals surface area contributed by atoms with E-state index >= 15 is 0 Å². The number of rotatable bonds is 5. The van der Waals surface area contributed by atoms with Crippen LogP contribution in [-0.2, 0) is 40.3 Å². The van der Waals surface area contributed by atoms with Gasteiger partial charge in [0.2, 0.25) is 0 Å². The fraction of sp³-hybridized carbons (Fsp3) is 0.400. The lowest BCUT2D eigenvalue weighted by Crippen LogP contribution is -2.41. The Hall–Kier alpha value is -4.70. The summed E-state index contributed by atoms with van der Waals surface area (Å²) < 4.78 is 122. The van der Waals surface area contributed by atoms with Crippen LogP contribution >= 0.6 is 0 Å². The molecular weight excluding hydrogens is 886 g/mol. The Morgan fingerprint density at radius 3 is 1.16 bits per heavy atom. The van der Waals surface area contributed by atoms with Crippen LogP contribution in [0.4, 0.5) is 26.3 Å². The van der Waals surface area contributed by atoms with Crippen LogP contribution in [0, 0.1) is 13.8 Å². The van der Waals surface area contributed by atoms with Crippen LogP contribution < -0.4 is 31.2 Å². The van der Waals surface area contributed by atoms with Gasteiger partial charge in [0.05, 0.1) is 46.2 Å². The molecule has 5 aromatic rings. The van der Waals surface area contributed by atoms with Crippen LogP contribution in [0.2, 0.25) is 0 Å². The molecule has 0 aliphatic carbocycles. The van der Waals surface area contributed by atoms with Gasteiger partial charge in [-0.25, -0.2) is 0 Å². The lowest BCUT2D eigenvalue weighted by atomic mass is 9.77. The highest BCUT2D eigenvalue weighted by Crippen LogP contribution is 2.38. The first kappa shape index (κ1) is 52.7. The minimum Gasteiger partial charge on any atom is -0.519 e. The molecule has 360 valence electrons. The summed E-state index contributed by atoms with van der Waals surface area (Å²) in [6, 6.07) is 34.8. The minimum absolute atomic E-state index is 0.0372. The third kappa shape index (κ3) is 12.9. The summed E-state index contributed by atoms with van der Waals surface area (Å²) in [5, 5.41) is 0. The average molecular weight is 944 g/mol. The van der Waals surface area contributed by atoms with Crippen LogP contribution in [0.25, 0.3) is 0 Å². The molecular formula is C50H58B4F6O8. The SMILES string of the molecule is CC1(C)OB(c2ccccc2)OC1(C)C.CC1(C)OB(c2ccccc2)OC1(C)C.CCC1COB(c2cc(C)cc(C(F)(F)F)c2)O1.Cc1cc(B2Oc3ccccc3O2)cc(C(F)(F)F)c1. The Labute approximate surface area is 397 Å². The van der Waals surface area contributed by atoms with Crippen LogP contribution in [0.5, 0.6) is 11.5 Å². The van der Waals surface area contributed by atoms with Gasteiger partial charge in [-0.1, -0.05) is 109 Å². The highest BCUT2D eigenvalue weighted by molar-refractivity contribution is 6.64. The molecule has 1 atom stereocenters. The Morgan fingerprint density at radius 2 is 0.824 bits per heavy atom. The zero-order chi connectivity index (χ0) is 49.9. The highest BCUT2D eigenvalue weighted by atomic mass is 19.4. The first-order valence-corrected chi connectivity index (χ1v) is 22.6. The number of hydrogen-bond donors (Lipinski definition) is 0. The standard InChI is InChI=1S/C14H10BF3O2.C12H14BF3O2.2C12H17BO2/c1-9-6-10(14(16,17)18)8-11(7-9)15-19-12-4-2-3-5-13(12)20-15;1-3-11-7-17-13(18-11)10-5-8(2)4-9(6-10)12(14,15)16;2*1-11(2)12(3,4)15-13(14-11)10-8-6-5-7-9-10/h2-8H,1H3;4-6,11H,3,7H2,1-2H3;2*5-9H,1-4H3. The molecule has 0 bridgehead atoms. The van der Waals surface area contributed by atoms with Gasteiger partial charge in [-0.2, -0.15) is 26.3 Å². The summed E-state index contributed by atoms with van der Waals surface area (Å²) in [6.07, 6.45) is -7.98. The summed E-state index contributed by atoms with van der Waals surface area (Å²) >= 11 is 0. The van der Waals surface area contributed by atoms with Gasteiger partial charge in [0.1, 0.15) is 11.5 Å². The van der Waals surface area contributed by atoms with Crippen LogP contribution in [-0.4, -0.2) is 63.6 Å². The van der Waals surface area contributed by atoms with E-state index in [9.17, 15) is 26.3 Å². The van der Waals surface area contributed by atoms with Crippen LogP contribution in [0.15, 0.2) is 121 Å². The number of halogens is 6. The molecule has 0 aromatic heterocycles. The minimum atomic E-state index is -4.38. The predicted molar refractivity (Wildman–Crippen MR) is 256 cm³/mol. The third-order valence-electron chi connectivity index (χ3n) is 12.6. The third-order valence-corrected chi connectivity index (χ3v) is 12.6. The molecule has 4 aliphatic rings. The average Bonchev–Trinajstić information content (AvgIpc) is 4.03. The van der Waals surface area contributed by atoms with Gasteiger partial charge in [0.15, 0.2) is 0 Å². The maximum Gasteiger partial charge on any atom is 0.632 e. The molecule has 9 rings (SSSR count). The smallest absolute Gasteiger partial charge is 0.519 e. The zero-order valence-electron chi connectivity index (χ0n) is 40.4. The van der Waals surface area contributed by atoms with Crippen molar-refractivity contribution >= 4 is 50.3 Å². The van der Waals surface area contributed by atoms with Crippen molar-refractivity contribution in [2.75, 3.05) is 6.61 Å². The van der Waals surface area contributed by atoms with Crippen molar-refractivity contribution in [2.45, 2.75) is 123 Å². The van der Waals surface area contributed by atoms with Crippen molar-refractivity contribution in [2.24, 2.45) is 0 Å². The fourth-order valence-electron chi connectivity index (χ4n) is 7.28. The van der Waals surface area contributed by atoms with E-state index in [0.29, 0.717) is 40.2 Å². The fourth-order valence-corrected chi connectivity index (χ4v) is 7.28. The van der Waals surface area contributed by atoms with Crippen LogP contribution in [0.1, 0.15) is 91.0 Å². The van der Waals surface area contributed by atoms with E-state index < -0.39 is 37.7 Å².